The fourth-order valence-electron chi connectivity index (χ4n) is 0.662. The second-order valence-electron chi connectivity index (χ2n) is 2.74. The molecular weight excluding hydrogens is 169 g/mol. The van der Waals surface area contributed by atoms with Gasteiger partial charge >= 0.3 is 6.18 Å². The van der Waals surface area contributed by atoms with Crippen molar-refractivity contribution in [3.63, 3.8) is 0 Å². The zero-order valence-electron chi connectivity index (χ0n) is 7.12. The number of hydrogen-bond donors (Lipinski definition) is 2. The largest absolute Gasteiger partial charge is 0.390 e. The van der Waals surface area contributed by atoms with Crippen LogP contribution in [0.5, 0.6) is 0 Å². The first-order chi connectivity index (χ1) is 5.45. The number of alkyl halides is 3. The number of nitrogens with two attached hydrogens (primary N) is 1. The SMILES string of the molecule is CCC(N)CNCCC(F)(F)F. The second kappa shape index (κ2) is 5.37. The molecule has 0 aromatic rings. The van der Waals surface area contributed by atoms with E-state index in [1.165, 1.54) is 0 Å². The van der Waals surface area contributed by atoms with Crippen molar-refractivity contribution in [3.05, 3.63) is 0 Å². The summed E-state index contributed by atoms with van der Waals surface area (Å²) in [6.07, 6.45) is -4.08. The van der Waals surface area contributed by atoms with E-state index in [9.17, 15) is 13.2 Å². The molecule has 1 atom stereocenters. The van der Waals surface area contributed by atoms with Crippen LogP contribution in [0.1, 0.15) is 19.8 Å². The van der Waals surface area contributed by atoms with Crippen molar-refractivity contribution in [2.45, 2.75) is 32.0 Å². The number of hydrogen-bond acceptors (Lipinski definition) is 2. The van der Waals surface area contributed by atoms with Crippen molar-refractivity contribution in [3.8, 4) is 0 Å². The van der Waals surface area contributed by atoms with Crippen molar-refractivity contribution in [1.82, 2.24) is 5.32 Å². The average Bonchev–Trinajstić information content (AvgIpc) is 1.96. The summed E-state index contributed by atoms with van der Waals surface area (Å²) >= 11 is 0. The summed E-state index contributed by atoms with van der Waals surface area (Å²) in [5.74, 6) is 0. The Morgan fingerprint density at radius 3 is 2.42 bits per heavy atom. The molecule has 74 valence electrons. The number of halogens is 3. The highest BCUT2D eigenvalue weighted by Gasteiger charge is 2.25. The summed E-state index contributed by atoms with van der Waals surface area (Å²) in [5.41, 5.74) is 5.48. The van der Waals surface area contributed by atoms with E-state index in [1.54, 1.807) is 0 Å². The molecular formula is C7H15F3N2. The molecule has 3 N–H and O–H groups in total. The smallest absolute Gasteiger partial charge is 0.327 e. The lowest BCUT2D eigenvalue weighted by Gasteiger charge is -2.11. The Balaban J connectivity index is 3.22. The van der Waals surface area contributed by atoms with Gasteiger partial charge < -0.3 is 11.1 Å². The van der Waals surface area contributed by atoms with Crippen LogP contribution in [0.3, 0.4) is 0 Å². The summed E-state index contributed by atoms with van der Waals surface area (Å²) < 4.78 is 34.8. The van der Waals surface area contributed by atoms with Gasteiger partial charge in [-0.3, -0.25) is 0 Å². The standard InChI is InChI=1S/C7H15F3N2/c1-2-6(11)5-12-4-3-7(8,9)10/h6,12H,2-5,11H2,1H3. The Morgan fingerprint density at radius 2 is 2.00 bits per heavy atom. The van der Waals surface area contributed by atoms with E-state index in [1.807, 2.05) is 6.92 Å². The zero-order valence-corrected chi connectivity index (χ0v) is 7.12. The molecule has 12 heavy (non-hydrogen) atoms. The molecule has 0 bridgehead atoms. The van der Waals surface area contributed by atoms with Gasteiger partial charge in [-0.15, -0.1) is 0 Å². The lowest BCUT2D eigenvalue weighted by Crippen LogP contribution is -2.34. The molecule has 0 saturated heterocycles. The van der Waals surface area contributed by atoms with Crippen LogP contribution in [0.2, 0.25) is 0 Å². The lowest BCUT2D eigenvalue weighted by atomic mass is 10.2. The van der Waals surface area contributed by atoms with Crippen molar-refractivity contribution >= 4 is 0 Å². The summed E-state index contributed by atoms with van der Waals surface area (Å²) in [7, 11) is 0. The van der Waals surface area contributed by atoms with Crippen molar-refractivity contribution in [2.75, 3.05) is 13.1 Å². The maximum absolute atomic E-state index is 11.6. The van der Waals surface area contributed by atoms with Crippen LogP contribution < -0.4 is 11.1 Å². The minimum Gasteiger partial charge on any atom is -0.327 e. The van der Waals surface area contributed by atoms with E-state index in [-0.39, 0.29) is 12.6 Å². The molecule has 0 aromatic carbocycles. The molecule has 0 amide bonds. The van der Waals surface area contributed by atoms with Gasteiger partial charge in [0.1, 0.15) is 0 Å². The van der Waals surface area contributed by atoms with E-state index >= 15 is 0 Å². The van der Waals surface area contributed by atoms with Gasteiger partial charge in [0.15, 0.2) is 0 Å². The first-order valence-electron chi connectivity index (χ1n) is 3.98. The summed E-state index contributed by atoms with van der Waals surface area (Å²) in [6, 6.07) is -0.0433. The Morgan fingerprint density at radius 1 is 1.42 bits per heavy atom. The van der Waals surface area contributed by atoms with Gasteiger partial charge in [-0.25, -0.2) is 0 Å². The minimum absolute atomic E-state index is 0.0433. The highest BCUT2D eigenvalue weighted by atomic mass is 19.4. The van der Waals surface area contributed by atoms with Gasteiger partial charge in [-0.2, -0.15) is 13.2 Å². The minimum atomic E-state index is -4.07. The Bertz CT molecular complexity index is 114. The van der Waals surface area contributed by atoms with Crippen molar-refractivity contribution < 1.29 is 13.2 Å². The van der Waals surface area contributed by atoms with Crippen LogP contribution in [-0.2, 0) is 0 Å². The van der Waals surface area contributed by atoms with Crippen LogP contribution in [-0.4, -0.2) is 25.3 Å². The fraction of sp³-hybridized carbons (Fsp3) is 1.00. The monoisotopic (exact) mass is 184 g/mol. The van der Waals surface area contributed by atoms with E-state index < -0.39 is 12.6 Å². The number of nitrogens with one attached hydrogen (secondary N) is 1. The molecule has 0 spiro atoms. The molecule has 0 rings (SSSR count). The molecule has 0 saturated carbocycles. The maximum atomic E-state index is 11.6. The molecule has 0 radical (unpaired) electrons. The first kappa shape index (κ1) is 11.7. The summed E-state index contributed by atoms with van der Waals surface area (Å²) in [4.78, 5) is 0. The van der Waals surface area contributed by atoms with Gasteiger partial charge in [0.25, 0.3) is 0 Å². The molecule has 0 aliphatic heterocycles. The zero-order chi connectivity index (χ0) is 9.61. The van der Waals surface area contributed by atoms with Gasteiger partial charge in [-0.05, 0) is 6.42 Å². The Labute approximate surface area is 70.3 Å². The number of rotatable bonds is 5. The summed E-state index contributed by atoms with van der Waals surface area (Å²) in [6.45, 7) is 2.31. The molecule has 0 heterocycles. The molecule has 0 aromatic heterocycles. The normalized spacial score (nSPS) is 14.8. The fourth-order valence-corrected chi connectivity index (χ4v) is 0.662. The predicted octanol–water partition coefficient (Wildman–Crippen LogP) is 1.27. The Kier molecular flexibility index (Phi) is 5.24. The van der Waals surface area contributed by atoms with E-state index in [0.29, 0.717) is 6.54 Å². The molecule has 0 aliphatic rings. The van der Waals surface area contributed by atoms with Gasteiger partial charge in [0.05, 0.1) is 6.42 Å². The average molecular weight is 184 g/mol. The lowest BCUT2D eigenvalue weighted by molar-refractivity contribution is -0.133. The van der Waals surface area contributed by atoms with Gasteiger partial charge in [-0.1, -0.05) is 6.92 Å². The van der Waals surface area contributed by atoms with E-state index in [0.717, 1.165) is 6.42 Å². The molecule has 0 fully saturated rings. The highest BCUT2D eigenvalue weighted by Crippen LogP contribution is 2.17. The van der Waals surface area contributed by atoms with Crippen molar-refractivity contribution in [1.29, 1.82) is 0 Å². The van der Waals surface area contributed by atoms with E-state index in [4.69, 9.17) is 5.73 Å². The summed E-state index contributed by atoms with van der Waals surface area (Å²) in [5, 5.41) is 2.65. The molecule has 1 unspecified atom stereocenters. The topological polar surface area (TPSA) is 38.0 Å². The third kappa shape index (κ3) is 7.81. The van der Waals surface area contributed by atoms with Crippen LogP contribution in [0.15, 0.2) is 0 Å². The third-order valence-electron chi connectivity index (χ3n) is 1.52. The van der Waals surface area contributed by atoms with Crippen LogP contribution >= 0.6 is 0 Å². The first-order valence-corrected chi connectivity index (χ1v) is 3.98. The molecule has 0 aliphatic carbocycles. The van der Waals surface area contributed by atoms with Gasteiger partial charge in [0.2, 0.25) is 0 Å². The Hall–Kier alpha value is -0.290. The quantitative estimate of drug-likeness (QED) is 0.631. The van der Waals surface area contributed by atoms with Crippen LogP contribution in [0.4, 0.5) is 13.2 Å². The van der Waals surface area contributed by atoms with Crippen LogP contribution in [0.25, 0.3) is 0 Å². The second-order valence-corrected chi connectivity index (χ2v) is 2.74. The van der Waals surface area contributed by atoms with Crippen molar-refractivity contribution in [2.24, 2.45) is 5.73 Å². The van der Waals surface area contributed by atoms with E-state index in [2.05, 4.69) is 5.32 Å². The third-order valence-corrected chi connectivity index (χ3v) is 1.52. The predicted molar refractivity (Wildman–Crippen MR) is 41.8 cm³/mol. The maximum Gasteiger partial charge on any atom is 0.390 e. The highest BCUT2D eigenvalue weighted by molar-refractivity contribution is 4.62. The van der Waals surface area contributed by atoms with Crippen LogP contribution in [0, 0.1) is 0 Å². The van der Waals surface area contributed by atoms with Gasteiger partial charge in [0, 0.05) is 19.1 Å². The molecule has 2 nitrogen and oxygen atoms in total. The molecule has 5 heteroatoms.